The minimum Gasteiger partial charge on any atom is -0.387 e. The van der Waals surface area contributed by atoms with E-state index in [0.717, 1.165) is 11.1 Å². The van der Waals surface area contributed by atoms with Crippen molar-refractivity contribution in [2.75, 3.05) is 0 Å². The van der Waals surface area contributed by atoms with Crippen LogP contribution in [0.2, 0.25) is 0 Å². The van der Waals surface area contributed by atoms with Crippen molar-refractivity contribution in [1.29, 1.82) is 0 Å². The van der Waals surface area contributed by atoms with Crippen LogP contribution in [-0.4, -0.2) is 23.1 Å². The Balaban J connectivity index is 1.73. The van der Waals surface area contributed by atoms with E-state index in [0.29, 0.717) is 11.3 Å². The average molecular weight is 419 g/mol. The van der Waals surface area contributed by atoms with Crippen molar-refractivity contribution >= 4 is 9.84 Å². The van der Waals surface area contributed by atoms with Gasteiger partial charge in [0.2, 0.25) is 15.0 Å². The normalized spacial score (nSPS) is 12.6. The van der Waals surface area contributed by atoms with Crippen LogP contribution in [0.5, 0.6) is 0 Å². The van der Waals surface area contributed by atoms with Crippen molar-refractivity contribution in [2.45, 2.75) is 23.6 Å². The predicted octanol–water partition coefficient (Wildman–Crippen LogP) is 4.26. The highest BCUT2D eigenvalue weighted by Gasteiger charge is 2.25. The summed E-state index contributed by atoms with van der Waals surface area (Å²) in [6.07, 6.45) is 0.842. The molecule has 30 heavy (non-hydrogen) atoms. The summed E-state index contributed by atoms with van der Waals surface area (Å²) < 4.78 is 28.0. The fourth-order valence-electron chi connectivity index (χ4n) is 3.35. The standard InChI is InChI=1S/C24H22N2O3S/c27-23(21-14-8-3-9-15-21)17-26-16-22(20-12-6-2-7-13-20)25-24(26)30(28,29)18-19-10-4-1-5-11-19/h1-16,23,27H,17-18H2. The first kappa shape index (κ1) is 20.1. The van der Waals surface area contributed by atoms with Crippen molar-refractivity contribution in [3.8, 4) is 11.3 Å². The average Bonchev–Trinajstić information content (AvgIpc) is 3.20. The number of aromatic nitrogens is 2. The number of imidazole rings is 1. The summed E-state index contributed by atoms with van der Waals surface area (Å²) in [4.78, 5) is 4.46. The highest BCUT2D eigenvalue weighted by Crippen LogP contribution is 2.25. The van der Waals surface area contributed by atoms with Gasteiger partial charge in [-0.2, -0.15) is 0 Å². The summed E-state index contributed by atoms with van der Waals surface area (Å²) in [6.45, 7) is 0.0905. The quantitative estimate of drug-likeness (QED) is 0.487. The van der Waals surface area contributed by atoms with Gasteiger partial charge in [-0.05, 0) is 11.1 Å². The van der Waals surface area contributed by atoms with E-state index in [1.807, 2.05) is 78.9 Å². The van der Waals surface area contributed by atoms with Crippen LogP contribution in [0.15, 0.2) is 102 Å². The van der Waals surface area contributed by atoms with Crippen molar-refractivity contribution in [3.05, 3.63) is 108 Å². The predicted molar refractivity (Wildman–Crippen MR) is 116 cm³/mol. The molecule has 0 amide bonds. The molecule has 0 bridgehead atoms. The molecule has 0 aliphatic carbocycles. The molecule has 0 radical (unpaired) electrons. The van der Waals surface area contributed by atoms with Crippen molar-refractivity contribution in [1.82, 2.24) is 9.55 Å². The molecule has 1 heterocycles. The molecular formula is C24H22N2O3S. The summed E-state index contributed by atoms with van der Waals surface area (Å²) in [5.74, 6) is -0.152. The fourth-order valence-corrected chi connectivity index (χ4v) is 4.83. The van der Waals surface area contributed by atoms with Gasteiger partial charge in [0.15, 0.2) is 0 Å². The van der Waals surface area contributed by atoms with Crippen molar-refractivity contribution < 1.29 is 13.5 Å². The first-order valence-electron chi connectivity index (χ1n) is 9.65. The molecule has 0 fully saturated rings. The fraction of sp³-hybridized carbons (Fsp3) is 0.125. The summed E-state index contributed by atoms with van der Waals surface area (Å²) in [5.41, 5.74) is 2.79. The zero-order valence-corrected chi connectivity index (χ0v) is 17.1. The van der Waals surface area contributed by atoms with Gasteiger partial charge in [-0.1, -0.05) is 91.0 Å². The topological polar surface area (TPSA) is 72.2 Å². The molecule has 0 aliphatic heterocycles. The molecule has 0 spiro atoms. The molecule has 0 saturated heterocycles. The molecule has 6 heteroatoms. The van der Waals surface area contributed by atoms with E-state index in [2.05, 4.69) is 4.98 Å². The van der Waals surface area contributed by atoms with Gasteiger partial charge < -0.3 is 9.67 Å². The summed E-state index contributed by atoms with van der Waals surface area (Å²) in [6, 6.07) is 27.6. The number of nitrogens with zero attached hydrogens (tertiary/aromatic N) is 2. The first-order chi connectivity index (χ1) is 14.5. The van der Waals surface area contributed by atoms with E-state index < -0.39 is 15.9 Å². The van der Waals surface area contributed by atoms with Gasteiger partial charge in [-0.25, -0.2) is 13.4 Å². The molecule has 5 nitrogen and oxygen atoms in total. The van der Waals surface area contributed by atoms with Crippen LogP contribution < -0.4 is 0 Å². The highest BCUT2D eigenvalue weighted by molar-refractivity contribution is 7.90. The van der Waals surface area contributed by atoms with Gasteiger partial charge in [0.1, 0.15) is 0 Å². The van der Waals surface area contributed by atoms with Gasteiger partial charge >= 0.3 is 0 Å². The summed E-state index contributed by atoms with van der Waals surface area (Å²) in [7, 11) is -3.72. The SMILES string of the molecule is O=S(=O)(Cc1ccccc1)c1nc(-c2ccccc2)cn1CC(O)c1ccccc1. The van der Waals surface area contributed by atoms with E-state index in [9.17, 15) is 13.5 Å². The van der Waals surface area contributed by atoms with Gasteiger partial charge in [0, 0.05) is 11.8 Å². The number of hydrogen-bond acceptors (Lipinski definition) is 4. The number of aliphatic hydroxyl groups excluding tert-OH is 1. The third kappa shape index (κ3) is 4.50. The minimum atomic E-state index is -3.72. The van der Waals surface area contributed by atoms with E-state index in [1.54, 1.807) is 18.3 Å². The van der Waals surface area contributed by atoms with Crippen LogP contribution in [0, 0.1) is 0 Å². The van der Waals surface area contributed by atoms with Crippen LogP contribution in [0.4, 0.5) is 0 Å². The van der Waals surface area contributed by atoms with Gasteiger partial charge in [0.25, 0.3) is 0 Å². The molecular weight excluding hydrogens is 396 g/mol. The largest absolute Gasteiger partial charge is 0.387 e. The Labute approximate surface area is 176 Å². The van der Waals surface area contributed by atoms with Gasteiger partial charge in [0.05, 0.1) is 24.1 Å². The van der Waals surface area contributed by atoms with Crippen LogP contribution in [0.1, 0.15) is 17.2 Å². The zero-order chi connectivity index (χ0) is 21.0. The lowest BCUT2D eigenvalue weighted by atomic mass is 10.1. The lowest BCUT2D eigenvalue weighted by Gasteiger charge is -2.14. The van der Waals surface area contributed by atoms with Crippen LogP contribution >= 0.6 is 0 Å². The summed E-state index contributed by atoms with van der Waals surface area (Å²) in [5, 5.41) is 10.6. The Morgan fingerprint density at radius 2 is 1.40 bits per heavy atom. The second-order valence-electron chi connectivity index (χ2n) is 7.10. The molecule has 3 aromatic carbocycles. The highest BCUT2D eigenvalue weighted by atomic mass is 32.2. The molecule has 1 N–H and O–H groups in total. The molecule has 152 valence electrons. The van der Waals surface area contributed by atoms with Gasteiger partial charge in [-0.3, -0.25) is 0 Å². The molecule has 0 saturated carbocycles. The number of hydrogen-bond donors (Lipinski definition) is 1. The number of rotatable bonds is 7. The van der Waals surface area contributed by atoms with Gasteiger partial charge in [-0.15, -0.1) is 0 Å². The Bertz CT molecular complexity index is 1210. The molecule has 0 aliphatic rings. The van der Waals surface area contributed by atoms with Crippen molar-refractivity contribution in [3.63, 3.8) is 0 Å². The minimum absolute atomic E-state index is 0.0415. The van der Waals surface area contributed by atoms with E-state index in [1.165, 1.54) is 4.57 Å². The monoisotopic (exact) mass is 418 g/mol. The number of benzene rings is 3. The first-order valence-corrected chi connectivity index (χ1v) is 11.3. The van der Waals surface area contributed by atoms with E-state index in [-0.39, 0.29) is 17.5 Å². The van der Waals surface area contributed by atoms with Crippen molar-refractivity contribution in [2.24, 2.45) is 0 Å². The van der Waals surface area contributed by atoms with E-state index >= 15 is 0 Å². The number of aliphatic hydroxyl groups is 1. The Kier molecular flexibility index (Phi) is 5.79. The second kappa shape index (κ2) is 8.65. The molecule has 1 atom stereocenters. The third-order valence-corrected chi connectivity index (χ3v) is 6.44. The molecule has 1 aromatic heterocycles. The maximum atomic E-state index is 13.2. The van der Waals surface area contributed by atoms with Crippen LogP contribution in [0.3, 0.4) is 0 Å². The smallest absolute Gasteiger partial charge is 0.228 e. The third-order valence-electron chi connectivity index (χ3n) is 4.84. The Morgan fingerprint density at radius 1 is 0.833 bits per heavy atom. The van der Waals surface area contributed by atoms with Crippen LogP contribution in [-0.2, 0) is 22.1 Å². The lowest BCUT2D eigenvalue weighted by Crippen LogP contribution is -2.16. The zero-order valence-electron chi connectivity index (χ0n) is 16.3. The summed E-state index contributed by atoms with van der Waals surface area (Å²) >= 11 is 0. The van der Waals surface area contributed by atoms with E-state index in [4.69, 9.17) is 0 Å². The Morgan fingerprint density at radius 3 is 2.03 bits per heavy atom. The maximum absolute atomic E-state index is 13.2. The lowest BCUT2D eigenvalue weighted by molar-refractivity contribution is 0.153. The Hall–Kier alpha value is -3.22. The molecule has 4 aromatic rings. The number of sulfone groups is 1. The maximum Gasteiger partial charge on any atom is 0.228 e. The van der Waals surface area contributed by atoms with Crippen LogP contribution in [0.25, 0.3) is 11.3 Å². The molecule has 1 unspecified atom stereocenters. The second-order valence-corrected chi connectivity index (χ2v) is 8.98. The molecule has 4 rings (SSSR count).